The molecule has 0 spiro atoms. The molecule has 0 heterocycles. The van der Waals surface area contributed by atoms with Gasteiger partial charge in [0.15, 0.2) is 0 Å². The van der Waals surface area contributed by atoms with Crippen LogP contribution in [-0.2, 0) is 4.79 Å². The number of carbonyl (C=O) groups is 1. The minimum Gasteiger partial charge on any atom is -0.368 e. The molecule has 4 heteroatoms. The maximum Gasteiger partial charge on any atom is 0.239 e. The molecule has 3 nitrogen and oxygen atoms in total. The quantitative estimate of drug-likeness (QED) is 0.610. The molecule has 0 bridgehead atoms. The molecule has 1 unspecified atom stereocenters. The number of primary amides is 1. The van der Waals surface area contributed by atoms with Gasteiger partial charge in [0.2, 0.25) is 5.91 Å². The van der Waals surface area contributed by atoms with E-state index in [2.05, 4.69) is 36.5 Å². The Labute approximate surface area is 129 Å². The van der Waals surface area contributed by atoms with Crippen molar-refractivity contribution in [3.63, 3.8) is 0 Å². The molecule has 110 valence electrons. The zero-order valence-electron chi connectivity index (χ0n) is 12.1. The van der Waals surface area contributed by atoms with Crippen LogP contribution in [0.25, 0.3) is 0 Å². The number of aryl methyl sites for hydroxylation is 1. The fourth-order valence-corrected chi connectivity index (χ4v) is 2.82. The van der Waals surface area contributed by atoms with Gasteiger partial charge in [0.25, 0.3) is 0 Å². The van der Waals surface area contributed by atoms with Crippen molar-refractivity contribution in [1.82, 2.24) is 5.32 Å². The van der Waals surface area contributed by atoms with Gasteiger partial charge in [-0.15, -0.1) is 11.8 Å². The first-order chi connectivity index (χ1) is 10.2. The molecule has 0 radical (unpaired) electrons. The van der Waals surface area contributed by atoms with E-state index in [1.165, 1.54) is 10.5 Å². The molecule has 1 atom stereocenters. The topological polar surface area (TPSA) is 55.1 Å². The Hall–Kier alpha value is -1.78. The Morgan fingerprint density at radius 1 is 1.14 bits per heavy atom. The lowest BCUT2D eigenvalue weighted by Crippen LogP contribution is -2.34. The Morgan fingerprint density at radius 3 is 2.43 bits per heavy atom. The van der Waals surface area contributed by atoms with E-state index in [4.69, 9.17) is 5.73 Å². The second kappa shape index (κ2) is 7.86. The number of hydrogen-bond acceptors (Lipinski definition) is 3. The lowest BCUT2D eigenvalue weighted by Gasteiger charge is -2.15. The summed E-state index contributed by atoms with van der Waals surface area (Å²) in [5, 5.41) is 3.22. The molecule has 2 aromatic carbocycles. The van der Waals surface area contributed by atoms with E-state index in [0.29, 0.717) is 0 Å². The van der Waals surface area contributed by atoms with E-state index in [0.717, 1.165) is 17.9 Å². The van der Waals surface area contributed by atoms with Crippen LogP contribution in [0.15, 0.2) is 59.5 Å². The summed E-state index contributed by atoms with van der Waals surface area (Å²) >= 11 is 1.76. The minimum absolute atomic E-state index is 0.346. The molecule has 21 heavy (non-hydrogen) atoms. The molecule has 0 saturated carbocycles. The average molecular weight is 300 g/mol. The van der Waals surface area contributed by atoms with Crippen LogP contribution in [0.2, 0.25) is 0 Å². The maximum atomic E-state index is 11.6. The number of amides is 1. The van der Waals surface area contributed by atoms with Gasteiger partial charge in [-0.25, -0.2) is 0 Å². The normalized spacial score (nSPS) is 12.0. The van der Waals surface area contributed by atoms with E-state index in [9.17, 15) is 4.79 Å². The fraction of sp³-hybridized carbons (Fsp3) is 0.235. The summed E-state index contributed by atoms with van der Waals surface area (Å²) in [4.78, 5) is 12.8. The molecular weight excluding hydrogens is 280 g/mol. The molecule has 3 N–H and O–H groups in total. The number of thioether (sulfide) groups is 1. The second-order valence-corrected chi connectivity index (χ2v) is 6.03. The van der Waals surface area contributed by atoms with Gasteiger partial charge in [-0.1, -0.05) is 48.0 Å². The smallest absolute Gasteiger partial charge is 0.239 e. The molecule has 2 rings (SSSR count). The predicted octanol–water partition coefficient (Wildman–Crippen LogP) is 2.90. The van der Waals surface area contributed by atoms with Crippen molar-refractivity contribution in [2.24, 2.45) is 5.73 Å². The molecule has 2 aromatic rings. The van der Waals surface area contributed by atoms with Gasteiger partial charge in [-0.05, 0) is 24.6 Å². The maximum absolute atomic E-state index is 11.6. The van der Waals surface area contributed by atoms with Crippen molar-refractivity contribution < 1.29 is 4.79 Å². The van der Waals surface area contributed by atoms with Crippen molar-refractivity contribution in [2.45, 2.75) is 17.9 Å². The molecule has 0 aliphatic rings. The molecular formula is C17H20N2OS. The number of rotatable bonds is 7. The molecule has 0 saturated heterocycles. The van der Waals surface area contributed by atoms with Crippen LogP contribution in [0.5, 0.6) is 0 Å². The van der Waals surface area contributed by atoms with Crippen LogP contribution in [-0.4, -0.2) is 18.2 Å². The summed E-state index contributed by atoms with van der Waals surface area (Å²) in [6, 6.07) is 17.6. The highest BCUT2D eigenvalue weighted by atomic mass is 32.2. The third kappa shape index (κ3) is 4.92. The van der Waals surface area contributed by atoms with Crippen LogP contribution in [0.1, 0.15) is 17.2 Å². The first kappa shape index (κ1) is 15.6. The van der Waals surface area contributed by atoms with E-state index in [1.807, 2.05) is 30.3 Å². The summed E-state index contributed by atoms with van der Waals surface area (Å²) < 4.78 is 0. The Bertz CT molecular complexity index is 569. The van der Waals surface area contributed by atoms with Crippen molar-refractivity contribution in [2.75, 3.05) is 12.3 Å². The van der Waals surface area contributed by atoms with Crippen LogP contribution < -0.4 is 11.1 Å². The van der Waals surface area contributed by atoms with Gasteiger partial charge in [0.1, 0.15) is 6.04 Å². The van der Waals surface area contributed by atoms with Crippen LogP contribution >= 0.6 is 11.8 Å². The van der Waals surface area contributed by atoms with Crippen molar-refractivity contribution >= 4 is 17.7 Å². The van der Waals surface area contributed by atoms with E-state index < -0.39 is 6.04 Å². The van der Waals surface area contributed by atoms with Crippen LogP contribution in [0.3, 0.4) is 0 Å². The summed E-state index contributed by atoms with van der Waals surface area (Å²) in [5.41, 5.74) is 7.64. The summed E-state index contributed by atoms with van der Waals surface area (Å²) in [6.07, 6.45) is 0. The third-order valence-electron chi connectivity index (χ3n) is 3.16. The predicted molar refractivity (Wildman–Crippen MR) is 88.3 cm³/mol. The highest BCUT2D eigenvalue weighted by Gasteiger charge is 2.16. The first-order valence-electron chi connectivity index (χ1n) is 6.94. The van der Waals surface area contributed by atoms with Gasteiger partial charge in [0.05, 0.1) is 0 Å². The molecule has 1 amide bonds. The average Bonchev–Trinajstić information content (AvgIpc) is 2.49. The summed E-state index contributed by atoms with van der Waals surface area (Å²) in [6.45, 7) is 2.80. The number of nitrogens with one attached hydrogen (secondary N) is 1. The minimum atomic E-state index is -0.426. The van der Waals surface area contributed by atoms with Gasteiger partial charge in [-0.3, -0.25) is 4.79 Å². The van der Waals surface area contributed by atoms with Gasteiger partial charge in [0, 0.05) is 17.2 Å². The first-order valence-corrected chi connectivity index (χ1v) is 7.92. The van der Waals surface area contributed by atoms with Crippen LogP contribution in [0.4, 0.5) is 0 Å². The van der Waals surface area contributed by atoms with E-state index in [1.54, 1.807) is 11.8 Å². The molecule has 0 aliphatic heterocycles. The zero-order chi connectivity index (χ0) is 15.1. The number of benzene rings is 2. The number of hydrogen-bond donors (Lipinski definition) is 2. The summed E-state index contributed by atoms with van der Waals surface area (Å²) in [7, 11) is 0. The van der Waals surface area contributed by atoms with E-state index in [-0.39, 0.29) is 5.91 Å². The van der Waals surface area contributed by atoms with Gasteiger partial charge in [-0.2, -0.15) is 0 Å². The molecule has 0 fully saturated rings. The highest BCUT2D eigenvalue weighted by molar-refractivity contribution is 7.99. The molecule has 0 aliphatic carbocycles. The number of nitrogens with two attached hydrogens (primary N) is 1. The number of carbonyl (C=O) groups excluding carboxylic acids is 1. The Balaban J connectivity index is 1.83. The fourth-order valence-electron chi connectivity index (χ4n) is 2.03. The zero-order valence-corrected chi connectivity index (χ0v) is 12.9. The SMILES string of the molecule is Cc1ccc(SCCNC(C(N)=O)c2ccccc2)cc1. The van der Waals surface area contributed by atoms with Crippen molar-refractivity contribution in [3.8, 4) is 0 Å². The molecule has 0 aromatic heterocycles. The van der Waals surface area contributed by atoms with E-state index >= 15 is 0 Å². The lowest BCUT2D eigenvalue weighted by molar-refractivity contribution is -0.120. The van der Waals surface area contributed by atoms with Crippen LogP contribution in [0, 0.1) is 6.92 Å². The Morgan fingerprint density at radius 2 is 1.81 bits per heavy atom. The van der Waals surface area contributed by atoms with Crippen molar-refractivity contribution in [3.05, 3.63) is 65.7 Å². The summed E-state index contributed by atoms with van der Waals surface area (Å²) in [5.74, 6) is 0.543. The second-order valence-electron chi connectivity index (χ2n) is 4.86. The highest BCUT2D eigenvalue weighted by Crippen LogP contribution is 2.18. The lowest BCUT2D eigenvalue weighted by atomic mass is 10.1. The van der Waals surface area contributed by atoms with Gasteiger partial charge >= 0.3 is 0 Å². The monoisotopic (exact) mass is 300 g/mol. The van der Waals surface area contributed by atoms with Gasteiger partial charge < -0.3 is 11.1 Å². The largest absolute Gasteiger partial charge is 0.368 e. The Kier molecular flexibility index (Phi) is 5.84. The standard InChI is InChI=1S/C17H20N2OS/c1-13-7-9-15(10-8-13)21-12-11-19-16(17(18)20)14-5-3-2-4-6-14/h2-10,16,19H,11-12H2,1H3,(H2,18,20). The van der Waals surface area contributed by atoms with Crippen molar-refractivity contribution in [1.29, 1.82) is 0 Å². The third-order valence-corrected chi connectivity index (χ3v) is 4.17.